The van der Waals surface area contributed by atoms with E-state index < -0.39 is 0 Å². The fourth-order valence-electron chi connectivity index (χ4n) is 7.38. The number of aliphatic imine (C=N–C) groups is 1. The lowest BCUT2D eigenvalue weighted by Crippen LogP contribution is -2.37. The van der Waals surface area contributed by atoms with Crippen molar-refractivity contribution in [2.45, 2.75) is 31.3 Å². The summed E-state index contributed by atoms with van der Waals surface area (Å²) in [5.41, 5.74) is 9.12. The fourth-order valence-corrected chi connectivity index (χ4v) is 8.99. The maximum atomic E-state index is 13.3. The number of nitrogens with zero attached hydrogens (tertiary/aromatic N) is 2. The quantitative estimate of drug-likeness (QED) is 0.159. The first-order chi connectivity index (χ1) is 24.9. The number of carbonyl (C=O) groups excluding carboxylic acids is 1. The third kappa shape index (κ3) is 6.93. The molecule has 3 aliphatic heterocycles. The lowest BCUT2D eigenvalue weighted by Gasteiger charge is -2.43. The molecule has 0 radical (unpaired) electrons. The maximum Gasteiger partial charge on any atom is 0.264 e. The monoisotopic (exact) mass is 775 g/mol. The summed E-state index contributed by atoms with van der Waals surface area (Å²) in [6.45, 7) is 2.35. The molecule has 0 aliphatic carbocycles. The lowest BCUT2D eigenvalue weighted by atomic mass is 9.76. The van der Waals surface area contributed by atoms with Gasteiger partial charge in [0.05, 0.1) is 22.2 Å². The highest BCUT2D eigenvalue weighted by Gasteiger charge is 2.35. The number of carbonyl (C=O) groups is 1. The molecular formula is C42H35BrClN3O3S. The highest BCUT2D eigenvalue weighted by Crippen LogP contribution is 2.50. The van der Waals surface area contributed by atoms with Crippen molar-refractivity contribution in [1.82, 2.24) is 5.32 Å². The number of amides is 1. The van der Waals surface area contributed by atoms with Crippen molar-refractivity contribution >= 4 is 67.8 Å². The molecule has 51 heavy (non-hydrogen) atoms. The molecular weight excluding hydrogens is 742 g/mol. The Kier molecular flexibility index (Phi) is 9.64. The van der Waals surface area contributed by atoms with E-state index in [1.807, 2.05) is 42.5 Å². The molecule has 6 nitrogen and oxygen atoms in total. The van der Waals surface area contributed by atoms with Gasteiger partial charge in [-0.05, 0) is 105 Å². The van der Waals surface area contributed by atoms with E-state index >= 15 is 0 Å². The number of anilines is 1. The van der Waals surface area contributed by atoms with Crippen molar-refractivity contribution < 1.29 is 14.3 Å². The summed E-state index contributed by atoms with van der Waals surface area (Å²) in [5.74, 6) is 1.46. The van der Waals surface area contributed by atoms with Crippen LogP contribution in [0.2, 0.25) is 5.02 Å². The van der Waals surface area contributed by atoms with Gasteiger partial charge < -0.3 is 19.7 Å². The summed E-state index contributed by atoms with van der Waals surface area (Å²) in [6, 6.07) is 37.4. The Hall–Kier alpha value is -4.50. The molecule has 3 heterocycles. The van der Waals surface area contributed by atoms with E-state index in [-0.39, 0.29) is 24.3 Å². The number of amidine groups is 1. The van der Waals surface area contributed by atoms with E-state index in [2.05, 4.69) is 98.9 Å². The van der Waals surface area contributed by atoms with E-state index in [0.29, 0.717) is 31.1 Å². The predicted octanol–water partition coefficient (Wildman–Crippen LogP) is 10.5. The zero-order valence-electron chi connectivity index (χ0n) is 27.9. The number of nitrogens with one attached hydrogen (secondary N) is 1. The minimum Gasteiger partial charge on any atom is -0.493 e. The highest BCUT2D eigenvalue weighted by atomic mass is 79.9. The largest absolute Gasteiger partial charge is 0.493 e. The number of ether oxygens (including phenoxy) is 2. The molecule has 3 aliphatic rings. The van der Waals surface area contributed by atoms with Gasteiger partial charge >= 0.3 is 0 Å². The van der Waals surface area contributed by atoms with E-state index in [9.17, 15) is 4.79 Å². The number of rotatable bonds is 8. The molecule has 0 aromatic heterocycles. The summed E-state index contributed by atoms with van der Waals surface area (Å²) < 4.78 is 12.5. The van der Waals surface area contributed by atoms with E-state index in [1.165, 1.54) is 39.7 Å². The lowest BCUT2D eigenvalue weighted by molar-refractivity contribution is -0.115. The van der Waals surface area contributed by atoms with Gasteiger partial charge in [0.15, 0.2) is 16.7 Å². The Labute approximate surface area is 315 Å². The fraction of sp³-hybridized carbons (Fsp3) is 0.190. The Balaban J connectivity index is 1.11. The zero-order valence-corrected chi connectivity index (χ0v) is 31.1. The van der Waals surface area contributed by atoms with Crippen molar-refractivity contribution in [3.63, 3.8) is 0 Å². The Bertz CT molecular complexity index is 2100. The summed E-state index contributed by atoms with van der Waals surface area (Å²) in [5, 5.41) is 4.21. The van der Waals surface area contributed by atoms with Crippen LogP contribution in [0.15, 0.2) is 124 Å². The van der Waals surface area contributed by atoms with E-state index in [0.717, 1.165) is 42.7 Å². The van der Waals surface area contributed by atoms with Crippen molar-refractivity contribution in [2.75, 3.05) is 25.1 Å². The Morgan fingerprint density at radius 3 is 2.16 bits per heavy atom. The topological polar surface area (TPSA) is 63.2 Å². The van der Waals surface area contributed by atoms with Crippen molar-refractivity contribution in [1.29, 1.82) is 0 Å². The van der Waals surface area contributed by atoms with Crippen LogP contribution >= 0.6 is 39.3 Å². The van der Waals surface area contributed by atoms with Crippen LogP contribution in [0.5, 0.6) is 11.5 Å². The first kappa shape index (κ1) is 33.6. The number of halogens is 2. The van der Waals surface area contributed by atoms with Gasteiger partial charge in [-0.3, -0.25) is 4.79 Å². The predicted molar refractivity (Wildman–Crippen MR) is 212 cm³/mol. The molecule has 1 fully saturated rings. The highest BCUT2D eigenvalue weighted by molar-refractivity contribution is 9.10. The van der Waals surface area contributed by atoms with Crippen molar-refractivity contribution in [3.8, 4) is 11.5 Å². The average Bonchev–Trinajstić information content (AvgIpc) is 3.49. The average molecular weight is 777 g/mol. The van der Waals surface area contributed by atoms with Crippen LogP contribution in [-0.4, -0.2) is 31.3 Å². The molecule has 256 valence electrons. The van der Waals surface area contributed by atoms with Gasteiger partial charge in [0.1, 0.15) is 6.61 Å². The molecule has 2 atom stereocenters. The number of hydrogen-bond acceptors (Lipinski definition) is 6. The van der Waals surface area contributed by atoms with Crippen LogP contribution in [0.4, 0.5) is 11.4 Å². The third-order valence-corrected chi connectivity index (χ3v) is 11.6. The molecule has 8 rings (SSSR count). The van der Waals surface area contributed by atoms with Gasteiger partial charge in [0.2, 0.25) is 0 Å². The summed E-state index contributed by atoms with van der Waals surface area (Å²) >= 11 is 11.3. The minimum absolute atomic E-state index is 0.192. The van der Waals surface area contributed by atoms with Crippen LogP contribution in [0.1, 0.15) is 58.1 Å². The van der Waals surface area contributed by atoms with Crippen LogP contribution in [0.25, 0.3) is 6.08 Å². The summed E-state index contributed by atoms with van der Waals surface area (Å²) in [6.07, 6.45) is 3.94. The molecule has 1 saturated heterocycles. The molecule has 1 N–H and O–H groups in total. The molecule has 1 amide bonds. The van der Waals surface area contributed by atoms with E-state index in [4.69, 9.17) is 26.1 Å². The second-order valence-electron chi connectivity index (χ2n) is 12.9. The number of thioether (sulfide) groups is 1. The van der Waals surface area contributed by atoms with Gasteiger partial charge in [-0.1, -0.05) is 90.5 Å². The molecule has 0 saturated carbocycles. The van der Waals surface area contributed by atoms with Gasteiger partial charge in [-0.15, -0.1) is 0 Å². The van der Waals surface area contributed by atoms with Crippen LogP contribution in [0, 0.1) is 0 Å². The van der Waals surface area contributed by atoms with Gasteiger partial charge in [0.25, 0.3) is 5.91 Å². The van der Waals surface area contributed by atoms with Gasteiger partial charge in [0, 0.05) is 41.2 Å². The van der Waals surface area contributed by atoms with Crippen LogP contribution in [0.3, 0.4) is 0 Å². The zero-order chi connectivity index (χ0) is 34.9. The van der Waals surface area contributed by atoms with Crippen molar-refractivity contribution in [2.24, 2.45) is 4.99 Å². The second-order valence-corrected chi connectivity index (χ2v) is 15.2. The van der Waals surface area contributed by atoms with Gasteiger partial charge in [-0.25, -0.2) is 4.99 Å². The smallest absolute Gasteiger partial charge is 0.264 e. The molecule has 0 unspecified atom stereocenters. The molecule has 0 spiro atoms. The standard InChI is InChI=1S/C42H35BrClN3O3S/c1-49-37-21-26(20-35(43)40(37)50-25-29-14-8-9-15-36(29)44)22-38-41(48)46-42(51-38)45-30-23-33-31(27-10-4-2-5-11-27)16-18-47-19-17-32(34(24-30)39(33)47)28-12-6-3-7-13-28/h2-15,20-24,31-32H,16-19,25H2,1H3,(H,45,46,48)/b38-22-/t31-,32-/m0/s1. The Morgan fingerprint density at radius 2 is 1.53 bits per heavy atom. The minimum atomic E-state index is -0.192. The number of methoxy groups -OCH3 is 1. The van der Waals surface area contributed by atoms with Crippen LogP contribution in [-0.2, 0) is 11.4 Å². The second kappa shape index (κ2) is 14.6. The molecule has 9 heteroatoms. The SMILES string of the molecule is COc1cc(/C=C2\SC(=Nc3cc4c5c(c3)[C@H](c3ccccc3)CCN5CC[C@H]4c3ccccc3)NC2=O)cc(Br)c1OCc1ccccc1Cl. The maximum absolute atomic E-state index is 13.3. The van der Waals surface area contributed by atoms with Crippen LogP contribution < -0.4 is 19.7 Å². The van der Waals surface area contributed by atoms with Gasteiger partial charge in [-0.2, -0.15) is 0 Å². The number of benzene rings is 5. The molecule has 0 bridgehead atoms. The first-order valence-corrected chi connectivity index (χ1v) is 19.0. The Morgan fingerprint density at radius 1 is 0.902 bits per heavy atom. The third-order valence-electron chi connectivity index (χ3n) is 9.76. The first-order valence-electron chi connectivity index (χ1n) is 17.0. The van der Waals surface area contributed by atoms with Crippen molar-refractivity contribution in [3.05, 3.63) is 157 Å². The molecule has 5 aromatic rings. The normalized spacial score (nSPS) is 19.6. The summed E-state index contributed by atoms with van der Waals surface area (Å²) in [7, 11) is 1.60. The number of hydrogen-bond donors (Lipinski definition) is 1. The molecule has 5 aromatic carbocycles. The summed E-state index contributed by atoms with van der Waals surface area (Å²) in [4.78, 5) is 21.5. The van der Waals surface area contributed by atoms with E-state index in [1.54, 1.807) is 7.11 Å².